The van der Waals surface area contributed by atoms with Crippen LogP contribution in [0.5, 0.6) is 0 Å². The van der Waals surface area contributed by atoms with E-state index >= 15 is 0 Å². The molecule has 22 heavy (non-hydrogen) atoms. The fourth-order valence-electron chi connectivity index (χ4n) is 2.12. The van der Waals surface area contributed by atoms with Gasteiger partial charge in [0, 0.05) is 23.1 Å². The molecule has 0 aliphatic carbocycles. The first-order chi connectivity index (χ1) is 10.2. The number of carbonyl (C=O) groups excluding carboxylic acids is 1. The molecule has 1 aromatic carbocycles. The average molecular weight is 297 g/mol. The van der Waals surface area contributed by atoms with Gasteiger partial charge in [0.25, 0.3) is 5.91 Å². The lowest BCUT2D eigenvalue weighted by Crippen LogP contribution is -2.26. The van der Waals surface area contributed by atoms with Gasteiger partial charge in [0.05, 0.1) is 0 Å². The highest BCUT2D eigenvalue weighted by atomic mass is 16.1. The summed E-state index contributed by atoms with van der Waals surface area (Å²) in [6.07, 6.45) is 1.64. The highest BCUT2D eigenvalue weighted by molar-refractivity contribution is 6.03. The van der Waals surface area contributed by atoms with Crippen LogP contribution in [0.1, 0.15) is 42.4 Å². The minimum Gasteiger partial charge on any atom is -0.380 e. The summed E-state index contributed by atoms with van der Waals surface area (Å²) in [5.41, 5.74) is 4.17. The number of hydrogen-bond donors (Lipinski definition) is 2. The van der Waals surface area contributed by atoms with Crippen molar-refractivity contribution in [2.75, 3.05) is 10.6 Å². The van der Waals surface area contributed by atoms with Gasteiger partial charge in [-0.25, -0.2) is 0 Å². The van der Waals surface area contributed by atoms with E-state index in [-0.39, 0.29) is 11.4 Å². The van der Waals surface area contributed by atoms with Crippen molar-refractivity contribution < 1.29 is 4.79 Å². The number of aryl methyl sites for hydroxylation is 2. The number of nitrogens with one attached hydrogen (secondary N) is 2. The molecular weight excluding hydrogens is 274 g/mol. The number of carbonyl (C=O) groups is 1. The lowest BCUT2D eigenvalue weighted by Gasteiger charge is -2.22. The molecular formula is C18H23N3O. The van der Waals surface area contributed by atoms with Gasteiger partial charge in [-0.3, -0.25) is 9.78 Å². The van der Waals surface area contributed by atoms with Crippen LogP contribution in [0.4, 0.5) is 11.4 Å². The van der Waals surface area contributed by atoms with Gasteiger partial charge in [-0.2, -0.15) is 0 Å². The second-order valence-corrected chi connectivity index (χ2v) is 6.58. The highest BCUT2D eigenvalue weighted by Crippen LogP contribution is 2.19. The van der Waals surface area contributed by atoms with E-state index in [4.69, 9.17) is 0 Å². The smallest absolute Gasteiger partial charge is 0.274 e. The molecule has 1 amide bonds. The van der Waals surface area contributed by atoms with E-state index in [1.165, 1.54) is 0 Å². The first-order valence-corrected chi connectivity index (χ1v) is 7.37. The molecule has 2 aromatic rings. The van der Waals surface area contributed by atoms with Gasteiger partial charge in [-0.15, -0.1) is 0 Å². The first-order valence-electron chi connectivity index (χ1n) is 7.37. The van der Waals surface area contributed by atoms with Crippen LogP contribution in [0.25, 0.3) is 0 Å². The zero-order valence-corrected chi connectivity index (χ0v) is 13.8. The number of anilines is 2. The quantitative estimate of drug-likeness (QED) is 0.894. The largest absolute Gasteiger partial charge is 0.380 e. The predicted molar refractivity (Wildman–Crippen MR) is 91.5 cm³/mol. The van der Waals surface area contributed by atoms with Crippen molar-refractivity contribution in [3.8, 4) is 0 Å². The van der Waals surface area contributed by atoms with Crippen LogP contribution < -0.4 is 10.6 Å². The predicted octanol–water partition coefficient (Wildman–Crippen LogP) is 4.16. The average Bonchev–Trinajstić information content (AvgIpc) is 2.41. The summed E-state index contributed by atoms with van der Waals surface area (Å²) in [6, 6.07) is 9.61. The van der Waals surface area contributed by atoms with Crippen LogP contribution in [0.3, 0.4) is 0 Å². The van der Waals surface area contributed by atoms with Crippen LogP contribution in [-0.2, 0) is 0 Å². The Hall–Kier alpha value is -2.36. The van der Waals surface area contributed by atoms with Crippen LogP contribution in [-0.4, -0.2) is 16.4 Å². The fraction of sp³-hybridized carbons (Fsp3) is 0.333. The second-order valence-electron chi connectivity index (χ2n) is 6.58. The Morgan fingerprint density at radius 2 is 1.82 bits per heavy atom. The first kappa shape index (κ1) is 16.0. The van der Waals surface area contributed by atoms with Gasteiger partial charge in [-0.05, 0) is 63.9 Å². The summed E-state index contributed by atoms with van der Waals surface area (Å²) in [6.45, 7) is 10.2. The summed E-state index contributed by atoms with van der Waals surface area (Å²) in [7, 11) is 0. The van der Waals surface area contributed by atoms with Crippen molar-refractivity contribution in [1.29, 1.82) is 0 Å². The summed E-state index contributed by atoms with van der Waals surface area (Å²) in [4.78, 5) is 16.6. The molecule has 4 heteroatoms. The lowest BCUT2D eigenvalue weighted by molar-refractivity contribution is 0.102. The molecule has 0 bridgehead atoms. The molecule has 0 atom stereocenters. The Balaban J connectivity index is 2.19. The Bertz CT molecular complexity index is 687. The summed E-state index contributed by atoms with van der Waals surface area (Å²) in [5.74, 6) is -0.203. The third-order valence-electron chi connectivity index (χ3n) is 3.15. The molecule has 2 rings (SSSR count). The van der Waals surface area contributed by atoms with Crippen LogP contribution >= 0.6 is 0 Å². The Kier molecular flexibility index (Phi) is 4.50. The molecule has 0 radical (unpaired) electrons. The van der Waals surface area contributed by atoms with Gasteiger partial charge in [-0.1, -0.05) is 12.1 Å². The molecule has 0 unspecified atom stereocenters. The number of hydrogen-bond acceptors (Lipinski definition) is 3. The Morgan fingerprint density at radius 3 is 2.50 bits per heavy atom. The lowest BCUT2D eigenvalue weighted by atomic mass is 10.1. The van der Waals surface area contributed by atoms with E-state index < -0.39 is 0 Å². The van der Waals surface area contributed by atoms with Gasteiger partial charge in [0.1, 0.15) is 5.69 Å². The number of benzene rings is 1. The fourth-order valence-corrected chi connectivity index (χ4v) is 2.12. The highest BCUT2D eigenvalue weighted by Gasteiger charge is 2.13. The van der Waals surface area contributed by atoms with Crippen molar-refractivity contribution in [2.24, 2.45) is 0 Å². The van der Waals surface area contributed by atoms with Crippen molar-refractivity contribution in [3.63, 3.8) is 0 Å². The zero-order chi connectivity index (χ0) is 16.3. The molecule has 0 aliphatic rings. The van der Waals surface area contributed by atoms with Crippen LogP contribution in [0, 0.1) is 13.8 Å². The third-order valence-corrected chi connectivity index (χ3v) is 3.15. The van der Waals surface area contributed by atoms with E-state index in [2.05, 4.69) is 36.4 Å². The molecule has 1 aromatic heterocycles. The molecule has 116 valence electrons. The minimum atomic E-state index is -0.203. The maximum atomic E-state index is 12.4. The number of amides is 1. The normalized spacial score (nSPS) is 11.1. The molecule has 0 saturated carbocycles. The third kappa shape index (κ3) is 4.32. The maximum absolute atomic E-state index is 12.4. The van der Waals surface area contributed by atoms with E-state index in [1.54, 1.807) is 12.3 Å². The van der Waals surface area contributed by atoms with Gasteiger partial charge >= 0.3 is 0 Å². The van der Waals surface area contributed by atoms with E-state index in [0.29, 0.717) is 5.69 Å². The van der Waals surface area contributed by atoms with Crippen molar-refractivity contribution in [3.05, 3.63) is 53.3 Å². The Morgan fingerprint density at radius 1 is 1.09 bits per heavy atom. The SMILES string of the molecule is Cc1ccc(C)c(NC(=O)c2cc(NC(C)(C)C)ccn2)c1. The van der Waals surface area contributed by atoms with E-state index in [0.717, 1.165) is 22.5 Å². The molecule has 4 nitrogen and oxygen atoms in total. The van der Waals surface area contributed by atoms with Gasteiger partial charge in [0.15, 0.2) is 0 Å². The summed E-state index contributed by atoms with van der Waals surface area (Å²) in [5, 5.41) is 6.27. The monoisotopic (exact) mass is 297 g/mol. The standard InChI is InChI=1S/C18H23N3O/c1-12-6-7-13(2)15(10-12)20-17(22)16-11-14(8-9-19-16)21-18(3,4)5/h6-11H,1-5H3,(H,19,21)(H,20,22). The molecule has 0 aliphatic heterocycles. The van der Waals surface area contributed by atoms with E-state index in [9.17, 15) is 4.79 Å². The van der Waals surface area contributed by atoms with Gasteiger partial charge < -0.3 is 10.6 Å². The second kappa shape index (κ2) is 6.18. The number of nitrogens with zero attached hydrogens (tertiary/aromatic N) is 1. The molecule has 1 heterocycles. The Labute approximate surface area is 132 Å². The van der Waals surface area contributed by atoms with E-state index in [1.807, 2.05) is 38.1 Å². The van der Waals surface area contributed by atoms with Gasteiger partial charge in [0.2, 0.25) is 0 Å². The molecule has 2 N–H and O–H groups in total. The molecule has 0 fully saturated rings. The number of pyridine rings is 1. The van der Waals surface area contributed by atoms with Crippen LogP contribution in [0.15, 0.2) is 36.5 Å². The van der Waals surface area contributed by atoms with Crippen LogP contribution in [0.2, 0.25) is 0 Å². The topological polar surface area (TPSA) is 54.0 Å². The zero-order valence-electron chi connectivity index (χ0n) is 13.8. The minimum absolute atomic E-state index is 0.0672. The van der Waals surface area contributed by atoms with Crippen molar-refractivity contribution >= 4 is 17.3 Å². The molecule has 0 spiro atoms. The molecule has 0 saturated heterocycles. The van der Waals surface area contributed by atoms with Crippen molar-refractivity contribution in [2.45, 2.75) is 40.2 Å². The van der Waals surface area contributed by atoms with Crippen molar-refractivity contribution in [1.82, 2.24) is 4.98 Å². The number of rotatable bonds is 3. The summed E-state index contributed by atoms with van der Waals surface area (Å²) >= 11 is 0. The maximum Gasteiger partial charge on any atom is 0.274 e. The number of aromatic nitrogens is 1. The summed E-state index contributed by atoms with van der Waals surface area (Å²) < 4.78 is 0.